The van der Waals surface area contributed by atoms with Crippen LogP contribution in [-0.2, 0) is 11.2 Å². The molecule has 0 saturated carbocycles. The van der Waals surface area contributed by atoms with Crippen molar-refractivity contribution in [3.8, 4) is 0 Å². The number of nitrogens with one attached hydrogen (secondary N) is 1. The lowest BCUT2D eigenvalue weighted by molar-refractivity contribution is -0.121. The second-order valence-electron chi connectivity index (χ2n) is 4.76. The second kappa shape index (κ2) is 6.43. The van der Waals surface area contributed by atoms with Crippen molar-refractivity contribution in [3.63, 3.8) is 0 Å². The molecule has 0 aliphatic rings. The summed E-state index contributed by atoms with van der Waals surface area (Å²) in [7, 11) is 0. The number of carbonyl (C=O) groups excluding carboxylic acids is 1. The summed E-state index contributed by atoms with van der Waals surface area (Å²) in [6.45, 7) is 1.61. The molecule has 110 valence electrons. The molecule has 5 heteroatoms. The smallest absolute Gasteiger partial charge is 0.224 e. The minimum Gasteiger partial charge on any atom is -0.349 e. The van der Waals surface area contributed by atoms with Crippen molar-refractivity contribution < 1.29 is 18.0 Å². The monoisotopic (exact) mass is 293 g/mol. The van der Waals surface area contributed by atoms with E-state index in [1.54, 1.807) is 6.92 Å². The summed E-state index contributed by atoms with van der Waals surface area (Å²) in [5.74, 6) is -2.07. The molecule has 21 heavy (non-hydrogen) atoms. The molecular weight excluding hydrogens is 279 g/mol. The molecule has 2 rings (SSSR count). The van der Waals surface area contributed by atoms with Gasteiger partial charge in [0.15, 0.2) is 0 Å². The van der Waals surface area contributed by atoms with Crippen molar-refractivity contribution in [2.45, 2.75) is 19.4 Å². The highest BCUT2D eigenvalue weighted by molar-refractivity contribution is 5.79. The van der Waals surface area contributed by atoms with Gasteiger partial charge in [-0.25, -0.2) is 13.2 Å². The summed E-state index contributed by atoms with van der Waals surface area (Å²) in [4.78, 5) is 11.9. The molecule has 0 spiro atoms. The predicted octanol–water partition coefficient (Wildman–Crippen LogP) is 3.52. The number of halogens is 3. The zero-order valence-corrected chi connectivity index (χ0v) is 11.4. The van der Waals surface area contributed by atoms with Gasteiger partial charge >= 0.3 is 0 Å². The Morgan fingerprint density at radius 2 is 1.67 bits per heavy atom. The van der Waals surface area contributed by atoms with Gasteiger partial charge in [-0.2, -0.15) is 0 Å². The van der Waals surface area contributed by atoms with Crippen molar-refractivity contribution in [1.29, 1.82) is 0 Å². The van der Waals surface area contributed by atoms with Gasteiger partial charge in [-0.1, -0.05) is 18.2 Å². The molecule has 2 nitrogen and oxygen atoms in total. The lowest BCUT2D eigenvalue weighted by atomic mass is 10.1. The molecule has 0 aromatic heterocycles. The number of hydrogen-bond acceptors (Lipinski definition) is 1. The van der Waals surface area contributed by atoms with E-state index >= 15 is 0 Å². The van der Waals surface area contributed by atoms with Gasteiger partial charge in [0.05, 0.1) is 12.5 Å². The molecular formula is C16H14F3NO. The lowest BCUT2D eigenvalue weighted by Crippen LogP contribution is -2.28. The first kappa shape index (κ1) is 15.1. The molecule has 2 aromatic carbocycles. The first-order valence-electron chi connectivity index (χ1n) is 6.44. The molecule has 0 fully saturated rings. The maximum absolute atomic E-state index is 13.6. The molecule has 1 atom stereocenters. The van der Waals surface area contributed by atoms with Gasteiger partial charge in [0.2, 0.25) is 5.91 Å². The van der Waals surface area contributed by atoms with Crippen molar-refractivity contribution in [2.24, 2.45) is 0 Å². The first-order chi connectivity index (χ1) is 9.95. The van der Waals surface area contributed by atoms with Crippen molar-refractivity contribution >= 4 is 5.91 Å². The number of rotatable bonds is 4. The minimum absolute atomic E-state index is 0.0629. The van der Waals surface area contributed by atoms with Crippen LogP contribution in [0.2, 0.25) is 0 Å². The molecule has 0 aliphatic heterocycles. The maximum atomic E-state index is 13.6. The fourth-order valence-corrected chi connectivity index (χ4v) is 2.01. The second-order valence-corrected chi connectivity index (χ2v) is 4.76. The summed E-state index contributed by atoms with van der Waals surface area (Å²) in [5, 5.41) is 2.62. The average Bonchev–Trinajstić information content (AvgIpc) is 2.41. The van der Waals surface area contributed by atoms with Crippen LogP contribution in [0.5, 0.6) is 0 Å². The van der Waals surface area contributed by atoms with Gasteiger partial charge in [-0.3, -0.25) is 4.79 Å². The summed E-state index contributed by atoms with van der Waals surface area (Å²) in [6.07, 6.45) is 0.0629. The van der Waals surface area contributed by atoms with E-state index in [9.17, 15) is 18.0 Å². The number of hydrogen-bond donors (Lipinski definition) is 1. The van der Waals surface area contributed by atoms with Crippen LogP contribution in [0.4, 0.5) is 13.2 Å². The zero-order valence-electron chi connectivity index (χ0n) is 11.4. The maximum Gasteiger partial charge on any atom is 0.224 e. The highest BCUT2D eigenvalue weighted by Crippen LogP contribution is 2.17. The van der Waals surface area contributed by atoms with Crippen LogP contribution >= 0.6 is 0 Å². The molecule has 0 aliphatic carbocycles. The van der Waals surface area contributed by atoms with Crippen molar-refractivity contribution in [1.82, 2.24) is 5.32 Å². The summed E-state index contributed by atoms with van der Waals surface area (Å²) in [5.41, 5.74) is 0.865. The Kier molecular flexibility index (Phi) is 4.62. The van der Waals surface area contributed by atoms with Gasteiger partial charge in [-0.15, -0.1) is 0 Å². The van der Waals surface area contributed by atoms with Gasteiger partial charge in [-0.05, 0) is 30.7 Å². The van der Waals surface area contributed by atoms with Gasteiger partial charge in [0.1, 0.15) is 17.5 Å². The number of carbonyl (C=O) groups is 1. The Labute approximate surface area is 120 Å². The Hall–Kier alpha value is -2.30. The van der Waals surface area contributed by atoms with E-state index in [0.29, 0.717) is 5.56 Å². The molecule has 1 amide bonds. The quantitative estimate of drug-likeness (QED) is 0.918. The Bertz CT molecular complexity index is 640. The first-order valence-corrected chi connectivity index (χ1v) is 6.44. The molecule has 1 unspecified atom stereocenters. The topological polar surface area (TPSA) is 29.1 Å². The van der Waals surface area contributed by atoms with Gasteiger partial charge in [0, 0.05) is 11.6 Å². The Morgan fingerprint density at radius 3 is 2.29 bits per heavy atom. The molecule has 2 aromatic rings. The normalized spacial score (nSPS) is 12.0. The molecule has 1 N–H and O–H groups in total. The SMILES string of the molecule is CC(NC(=O)Cc1ccc(F)cc1)c1ccc(F)cc1F. The third kappa shape index (κ3) is 4.08. The molecule has 0 saturated heterocycles. The molecule has 0 bridgehead atoms. The zero-order chi connectivity index (χ0) is 15.4. The van der Waals surface area contributed by atoms with Crippen LogP contribution < -0.4 is 5.32 Å². The summed E-state index contributed by atoms with van der Waals surface area (Å²) < 4.78 is 39.2. The van der Waals surface area contributed by atoms with Crippen LogP contribution in [0.15, 0.2) is 42.5 Å². The highest BCUT2D eigenvalue weighted by Gasteiger charge is 2.14. The van der Waals surface area contributed by atoms with E-state index < -0.39 is 17.7 Å². The fourth-order valence-electron chi connectivity index (χ4n) is 2.01. The van der Waals surface area contributed by atoms with E-state index in [-0.39, 0.29) is 23.7 Å². The average molecular weight is 293 g/mol. The van der Waals surface area contributed by atoms with Gasteiger partial charge in [0.25, 0.3) is 0 Å². The van der Waals surface area contributed by atoms with E-state index in [2.05, 4.69) is 5.32 Å². The number of benzene rings is 2. The summed E-state index contributed by atoms with van der Waals surface area (Å²) >= 11 is 0. The fraction of sp³-hybridized carbons (Fsp3) is 0.188. The summed E-state index contributed by atoms with van der Waals surface area (Å²) in [6, 6.07) is 8.19. The molecule has 0 radical (unpaired) electrons. The van der Waals surface area contributed by atoms with Crippen LogP contribution in [0, 0.1) is 17.5 Å². The Morgan fingerprint density at radius 1 is 1.05 bits per heavy atom. The van der Waals surface area contributed by atoms with Crippen LogP contribution in [0.3, 0.4) is 0 Å². The predicted molar refractivity (Wildman–Crippen MR) is 73.0 cm³/mol. The van der Waals surface area contributed by atoms with E-state index in [1.807, 2.05) is 0 Å². The highest BCUT2D eigenvalue weighted by atomic mass is 19.1. The number of amides is 1. The standard InChI is InChI=1S/C16H14F3NO/c1-10(14-7-6-13(18)9-15(14)19)20-16(21)8-11-2-4-12(17)5-3-11/h2-7,9-10H,8H2,1H3,(H,20,21). The van der Waals surface area contributed by atoms with Crippen LogP contribution in [0.25, 0.3) is 0 Å². The van der Waals surface area contributed by atoms with Crippen LogP contribution in [0.1, 0.15) is 24.1 Å². The Balaban J connectivity index is 2.00. The van der Waals surface area contributed by atoms with Crippen LogP contribution in [-0.4, -0.2) is 5.91 Å². The largest absolute Gasteiger partial charge is 0.349 e. The van der Waals surface area contributed by atoms with E-state index in [1.165, 1.54) is 30.3 Å². The van der Waals surface area contributed by atoms with Crippen molar-refractivity contribution in [2.75, 3.05) is 0 Å². The van der Waals surface area contributed by atoms with E-state index in [4.69, 9.17) is 0 Å². The third-order valence-corrected chi connectivity index (χ3v) is 3.08. The van der Waals surface area contributed by atoms with Gasteiger partial charge < -0.3 is 5.32 Å². The third-order valence-electron chi connectivity index (χ3n) is 3.08. The minimum atomic E-state index is -0.704. The molecule has 0 heterocycles. The van der Waals surface area contributed by atoms with Crippen molar-refractivity contribution in [3.05, 3.63) is 71.0 Å². The van der Waals surface area contributed by atoms with E-state index in [0.717, 1.165) is 12.1 Å². The lowest BCUT2D eigenvalue weighted by Gasteiger charge is -2.15.